The molecule has 2 rings (SSSR count). The molecule has 0 bridgehead atoms. The largest absolute Gasteiger partial charge is 0.379 e. The highest BCUT2D eigenvalue weighted by molar-refractivity contribution is 5.75. The number of urea groups is 1. The number of ether oxygens (including phenoxy) is 1. The molecular weight excluding hydrogens is 242 g/mol. The van der Waals surface area contributed by atoms with Gasteiger partial charge in [0, 0.05) is 32.2 Å². The summed E-state index contributed by atoms with van der Waals surface area (Å²) in [4.78, 5) is 16.4. The second-order valence-electron chi connectivity index (χ2n) is 5.12. The summed E-state index contributed by atoms with van der Waals surface area (Å²) in [5.41, 5.74) is 0. The first-order valence-electron chi connectivity index (χ1n) is 7.09. The number of rotatable bonds is 3. The van der Waals surface area contributed by atoms with Gasteiger partial charge in [-0.1, -0.05) is 5.92 Å². The van der Waals surface area contributed by atoms with E-state index in [0.717, 1.165) is 52.2 Å². The number of amides is 2. The molecule has 0 saturated carbocycles. The number of morpholine rings is 1. The minimum atomic E-state index is -0.0177. The van der Waals surface area contributed by atoms with Crippen LogP contribution in [-0.2, 0) is 4.74 Å². The molecule has 2 saturated heterocycles. The Kier molecular flexibility index (Phi) is 5.49. The maximum absolute atomic E-state index is 12.1. The van der Waals surface area contributed by atoms with Crippen LogP contribution in [0.1, 0.15) is 19.3 Å². The Morgan fingerprint density at radius 2 is 2.11 bits per heavy atom. The Bertz CT molecular complexity index is 334. The number of hydrogen-bond donors (Lipinski definition) is 1. The fraction of sp³-hybridized carbons (Fsp3) is 0.786. The standard InChI is InChI=1S/C14H23N3O2/c1-2-6-15-14(18)17-7-4-3-5-13(17)12-16-8-10-19-11-9-16/h1,13H,3-12H2,(H,15,18). The van der Waals surface area contributed by atoms with Crippen molar-refractivity contribution in [1.82, 2.24) is 15.1 Å². The quantitative estimate of drug-likeness (QED) is 0.757. The van der Waals surface area contributed by atoms with E-state index in [4.69, 9.17) is 11.2 Å². The lowest BCUT2D eigenvalue weighted by Gasteiger charge is -2.39. The first-order chi connectivity index (χ1) is 9.31. The third kappa shape index (κ3) is 4.12. The average Bonchev–Trinajstić information content (AvgIpc) is 2.46. The topological polar surface area (TPSA) is 44.8 Å². The monoisotopic (exact) mass is 265 g/mol. The van der Waals surface area contributed by atoms with Crippen LogP contribution in [0.4, 0.5) is 4.79 Å². The smallest absolute Gasteiger partial charge is 0.318 e. The zero-order valence-electron chi connectivity index (χ0n) is 11.4. The maximum Gasteiger partial charge on any atom is 0.318 e. The summed E-state index contributed by atoms with van der Waals surface area (Å²) in [6, 6.07) is 0.292. The normalized spacial score (nSPS) is 24.8. The molecule has 0 aromatic rings. The van der Waals surface area contributed by atoms with Crippen molar-refractivity contribution in [2.24, 2.45) is 0 Å². The van der Waals surface area contributed by atoms with Gasteiger partial charge in [-0.3, -0.25) is 4.90 Å². The number of piperidine rings is 1. The van der Waals surface area contributed by atoms with E-state index in [0.29, 0.717) is 12.6 Å². The van der Waals surface area contributed by atoms with Crippen molar-refractivity contribution in [2.45, 2.75) is 25.3 Å². The summed E-state index contributed by atoms with van der Waals surface area (Å²) in [6.07, 6.45) is 8.56. The number of carbonyl (C=O) groups excluding carboxylic acids is 1. The predicted molar refractivity (Wildman–Crippen MR) is 73.8 cm³/mol. The van der Waals surface area contributed by atoms with Crippen molar-refractivity contribution in [2.75, 3.05) is 45.9 Å². The molecule has 0 radical (unpaired) electrons. The summed E-state index contributed by atoms with van der Waals surface area (Å²) in [5.74, 6) is 2.45. The number of likely N-dealkylation sites (tertiary alicyclic amines) is 1. The molecular formula is C14H23N3O2. The van der Waals surface area contributed by atoms with Crippen LogP contribution in [-0.4, -0.2) is 67.8 Å². The van der Waals surface area contributed by atoms with Gasteiger partial charge in [0.15, 0.2) is 0 Å². The van der Waals surface area contributed by atoms with Crippen LogP contribution in [0, 0.1) is 12.3 Å². The van der Waals surface area contributed by atoms with E-state index in [2.05, 4.69) is 16.1 Å². The Morgan fingerprint density at radius 1 is 1.32 bits per heavy atom. The van der Waals surface area contributed by atoms with Crippen molar-refractivity contribution in [3.63, 3.8) is 0 Å². The minimum Gasteiger partial charge on any atom is -0.379 e. The van der Waals surface area contributed by atoms with Gasteiger partial charge in [-0.2, -0.15) is 0 Å². The minimum absolute atomic E-state index is 0.0177. The molecule has 0 aliphatic carbocycles. The van der Waals surface area contributed by atoms with E-state index in [1.165, 1.54) is 6.42 Å². The molecule has 19 heavy (non-hydrogen) atoms. The van der Waals surface area contributed by atoms with Gasteiger partial charge in [0.05, 0.1) is 19.8 Å². The molecule has 0 spiro atoms. The van der Waals surface area contributed by atoms with Gasteiger partial charge < -0.3 is 15.0 Å². The Labute approximate surface area is 115 Å². The Morgan fingerprint density at radius 3 is 2.84 bits per heavy atom. The number of nitrogens with one attached hydrogen (secondary N) is 1. The van der Waals surface area contributed by atoms with Crippen molar-refractivity contribution in [3.05, 3.63) is 0 Å². The fourth-order valence-corrected chi connectivity index (χ4v) is 2.77. The van der Waals surface area contributed by atoms with Crippen LogP contribution in [0.5, 0.6) is 0 Å². The Hall–Kier alpha value is -1.25. The molecule has 2 heterocycles. The lowest BCUT2D eigenvalue weighted by molar-refractivity contribution is 0.0222. The zero-order valence-corrected chi connectivity index (χ0v) is 11.4. The second-order valence-corrected chi connectivity index (χ2v) is 5.12. The molecule has 1 N–H and O–H groups in total. The lowest BCUT2D eigenvalue weighted by Crippen LogP contribution is -2.54. The van der Waals surface area contributed by atoms with Gasteiger partial charge in [0.1, 0.15) is 0 Å². The molecule has 0 aromatic heterocycles. The van der Waals surface area contributed by atoms with Crippen LogP contribution >= 0.6 is 0 Å². The van der Waals surface area contributed by atoms with Crippen LogP contribution in [0.25, 0.3) is 0 Å². The van der Waals surface area contributed by atoms with Crippen LogP contribution in [0.3, 0.4) is 0 Å². The van der Waals surface area contributed by atoms with Gasteiger partial charge >= 0.3 is 6.03 Å². The number of carbonyl (C=O) groups is 1. The highest BCUT2D eigenvalue weighted by Gasteiger charge is 2.28. The summed E-state index contributed by atoms with van der Waals surface area (Å²) in [6.45, 7) is 5.64. The van der Waals surface area contributed by atoms with E-state index in [9.17, 15) is 4.79 Å². The first-order valence-corrected chi connectivity index (χ1v) is 7.09. The van der Waals surface area contributed by atoms with E-state index < -0.39 is 0 Å². The van der Waals surface area contributed by atoms with Crippen LogP contribution < -0.4 is 5.32 Å². The third-order valence-corrected chi connectivity index (χ3v) is 3.80. The molecule has 2 aliphatic rings. The second kappa shape index (κ2) is 7.37. The molecule has 2 fully saturated rings. The van der Waals surface area contributed by atoms with E-state index >= 15 is 0 Å². The van der Waals surface area contributed by atoms with Crippen molar-refractivity contribution in [3.8, 4) is 12.3 Å². The molecule has 1 unspecified atom stereocenters. The van der Waals surface area contributed by atoms with E-state index in [1.54, 1.807) is 0 Å². The molecule has 2 amide bonds. The van der Waals surface area contributed by atoms with Gasteiger partial charge in [-0.25, -0.2) is 4.79 Å². The number of hydrogen-bond acceptors (Lipinski definition) is 3. The average molecular weight is 265 g/mol. The molecule has 0 aromatic carbocycles. The van der Waals surface area contributed by atoms with E-state index in [1.807, 2.05) is 4.90 Å². The third-order valence-electron chi connectivity index (χ3n) is 3.80. The van der Waals surface area contributed by atoms with E-state index in [-0.39, 0.29) is 6.03 Å². The molecule has 1 atom stereocenters. The summed E-state index contributed by atoms with van der Waals surface area (Å²) < 4.78 is 5.36. The fourth-order valence-electron chi connectivity index (χ4n) is 2.77. The van der Waals surface area contributed by atoms with Gasteiger partial charge in [-0.05, 0) is 19.3 Å². The summed E-state index contributed by atoms with van der Waals surface area (Å²) in [5, 5.41) is 2.78. The number of terminal acetylenes is 1. The van der Waals surface area contributed by atoms with Crippen molar-refractivity contribution < 1.29 is 9.53 Å². The highest BCUT2D eigenvalue weighted by Crippen LogP contribution is 2.18. The van der Waals surface area contributed by atoms with Crippen molar-refractivity contribution >= 4 is 6.03 Å². The summed E-state index contributed by atoms with van der Waals surface area (Å²) in [7, 11) is 0. The predicted octanol–water partition coefficient (Wildman–Crippen LogP) is 0.516. The van der Waals surface area contributed by atoms with Gasteiger partial charge in [-0.15, -0.1) is 6.42 Å². The Balaban J connectivity index is 1.87. The maximum atomic E-state index is 12.1. The van der Waals surface area contributed by atoms with Crippen molar-refractivity contribution in [1.29, 1.82) is 0 Å². The lowest BCUT2D eigenvalue weighted by atomic mass is 10.0. The van der Waals surface area contributed by atoms with Crippen LogP contribution in [0.15, 0.2) is 0 Å². The first kappa shape index (κ1) is 14.2. The molecule has 106 valence electrons. The zero-order chi connectivity index (χ0) is 13.5. The molecule has 5 heteroatoms. The van der Waals surface area contributed by atoms with Gasteiger partial charge in [0.25, 0.3) is 0 Å². The van der Waals surface area contributed by atoms with Crippen LogP contribution in [0.2, 0.25) is 0 Å². The molecule has 5 nitrogen and oxygen atoms in total. The SMILES string of the molecule is C#CCNC(=O)N1CCCCC1CN1CCOCC1. The van der Waals surface area contributed by atoms with Gasteiger partial charge in [0.2, 0.25) is 0 Å². The molecule has 2 aliphatic heterocycles. The number of nitrogens with zero attached hydrogens (tertiary/aromatic N) is 2. The highest BCUT2D eigenvalue weighted by atomic mass is 16.5. The summed E-state index contributed by atoms with van der Waals surface area (Å²) >= 11 is 0.